The predicted molar refractivity (Wildman–Crippen MR) is 211 cm³/mol. The third kappa shape index (κ3) is 8.25. The molecular formula is C43H74BrNO9. The van der Waals surface area contributed by atoms with Crippen molar-refractivity contribution >= 4 is 21.8 Å². The van der Waals surface area contributed by atoms with Gasteiger partial charge >= 0.3 is 0 Å². The number of ether oxygens (including phenoxy) is 2. The lowest BCUT2D eigenvalue weighted by atomic mass is 8.96. The van der Waals surface area contributed by atoms with Crippen molar-refractivity contribution in [3.63, 3.8) is 0 Å². The summed E-state index contributed by atoms with van der Waals surface area (Å²) in [5.41, 5.74) is 0.777. The first kappa shape index (κ1) is 43.2. The van der Waals surface area contributed by atoms with Crippen LogP contribution in [0.3, 0.4) is 0 Å². The number of hydrogen-bond donors (Lipinski definition) is 7. The van der Waals surface area contributed by atoms with E-state index in [1.807, 2.05) is 0 Å². The van der Waals surface area contributed by atoms with Crippen molar-refractivity contribution in [3.8, 4) is 0 Å². The molecule has 312 valence electrons. The lowest BCUT2D eigenvalue weighted by molar-refractivity contribution is -0.595. The van der Waals surface area contributed by atoms with E-state index in [-0.39, 0.29) is 12.5 Å². The smallest absolute Gasteiger partial charge is 0.220 e. The van der Waals surface area contributed by atoms with Crippen molar-refractivity contribution in [2.45, 2.75) is 208 Å². The van der Waals surface area contributed by atoms with Crippen LogP contribution in [0.2, 0.25) is 0 Å². The number of amides is 1. The van der Waals surface area contributed by atoms with E-state index >= 15 is 0 Å². The first-order valence-corrected chi connectivity index (χ1v) is 23.2. The largest absolute Gasteiger partial charge is 0.394 e. The number of alkyl halides is 1. The van der Waals surface area contributed by atoms with Gasteiger partial charge < -0.3 is 45.4 Å². The molecule has 11 heteroatoms. The summed E-state index contributed by atoms with van der Waals surface area (Å²) >= 11 is 4.12. The van der Waals surface area contributed by atoms with Gasteiger partial charge in [-0.1, -0.05) is 145 Å². The van der Waals surface area contributed by atoms with Gasteiger partial charge in [0, 0.05) is 10.7 Å². The fourth-order valence-corrected chi connectivity index (χ4v) is 14.6. The quantitative estimate of drug-likeness (QED) is 0.0333. The Bertz CT molecular complexity index is 1160. The first-order chi connectivity index (χ1) is 26.1. The Labute approximate surface area is 333 Å². The Morgan fingerprint density at radius 2 is 1.28 bits per heavy atom. The second kappa shape index (κ2) is 19.6. The second-order valence-electron chi connectivity index (χ2n) is 18.4. The van der Waals surface area contributed by atoms with E-state index in [4.69, 9.17) is 9.47 Å². The Morgan fingerprint density at radius 1 is 0.741 bits per heavy atom. The van der Waals surface area contributed by atoms with Crippen LogP contribution in [0.25, 0.3) is 0 Å². The molecule has 6 saturated carbocycles. The summed E-state index contributed by atoms with van der Waals surface area (Å²) < 4.78 is 11.8. The van der Waals surface area contributed by atoms with Gasteiger partial charge in [0.05, 0.1) is 25.4 Å². The minimum Gasteiger partial charge on any atom is -0.394 e. The molecule has 0 aromatic heterocycles. The number of unbranched alkanes of at least 4 members (excludes halogenated alkanes) is 18. The topological polar surface area (TPSA) is 169 Å². The highest BCUT2D eigenvalue weighted by Crippen LogP contribution is 3.09. The third-order valence-corrected chi connectivity index (χ3v) is 16.7. The van der Waals surface area contributed by atoms with E-state index in [0.717, 1.165) is 79.4 Å². The molecule has 7 N–H and O–H groups in total. The lowest BCUT2D eigenvalue weighted by Crippen LogP contribution is -3.11. The molecule has 12 atom stereocenters. The van der Waals surface area contributed by atoms with Crippen LogP contribution in [-0.2, 0) is 14.3 Å². The zero-order valence-corrected chi connectivity index (χ0v) is 34.6. The average molecular weight is 829 g/mol. The number of rotatable bonds is 31. The molecule has 0 aromatic rings. The lowest BCUT2D eigenvalue weighted by Gasteiger charge is -3.11. The molecule has 10 nitrogen and oxygen atoms in total. The van der Waals surface area contributed by atoms with Gasteiger partial charge in [-0.2, -0.15) is 0 Å². The molecule has 1 saturated heterocycles. The minimum atomic E-state index is -1.60. The van der Waals surface area contributed by atoms with E-state index in [1.165, 1.54) is 96.3 Å². The molecule has 0 aromatic carbocycles. The van der Waals surface area contributed by atoms with Crippen LogP contribution < -0.4 is 5.32 Å². The van der Waals surface area contributed by atoms with Crippen molar-refractivity contribution in [1.82, 2.24) is 5.32 Å². The van der Waals surface area contributed by atoms with Crippen LogP contribution in [0.5, 0.6) is 0 Å². The molecule has 0 bridgehead atoms. The molecule has 54 heavy (non-hydrogen) atoms. The van der Waals surface area contributed by atoms with E-state index in [9.17, 15) is 35.4 Å². The van der Waals surface area contributed by atoms with Crippen LogP contribution in [0, 0.1) is 40.9 Å². The summed E-state index contributed by atoms with van der Waals surface area (Å²) in [6, 6.07) is -0.982. The number of carbonyl (C=O) groups is 1. The maximum Gasteiger partial charge on any atom is 0.220 e. The molecule has 1 heterocycles. The van der Waals surface area contributed by atoms with Crippen molar-refractivity contribution in [3.05, 3.63) is 0 Å². The monoisotopic (exact) mass is 827 g/mol. The van der Waals surface area contributed by atoms with Crippen LogP contribution >= 0.6 is 15.9 Å². The molecule has 10 unspecified atom stereocenters. The number of hydrogen-bond acceptors (Lipinski definition) is 9. The van der Waals surface area contributed by atoms with Gasteiger partial charge in [-0.15, -0.1) is 0 Å². The minimum absolute atomic E-state index is 0.249. The number of halogens is 1. The molecule has 1 aliphatic heterocycles. The van der Waals surface area contributed by atoms with Crippen molar-refractivity contribution in [2.24, 2.45) is 40.9 Å². The number of aliphatic hydroxyl groups is 6. The summed E-state index contributed by atoms with van der Waals surface area (Å²) in [4.78, 5) is 13.0. The maximum atomic E-state index is 13.0. The number of carbonyl (C=O) groups excluding carboxylic acids is 1. The average Bonchev–Trinajstić information content (AvgIpc) is 3.16. The maximum absolute atomic E-state index is 13.0. The van der Waals surface area contributed by atoms with Crippen molar-refractivity contribution in [1.29, 1.82) is 0 Å². The summed E-state index contributed by atoms with van der Waals surface area (Å²) in [6.45, 7) is 1.35. The highest BCUT2D eigenvalue weighted by Gasteiger charge is 3.08. The standard InChI is InChI=1S/C43H74BrNO9/c1-2-3-4-5-6-7-8-9-10-13-16-19-22-28(47)35(49)27(26-53-41-38(52)37(51)36(50)29(25-46)54-41)45-30(48)23-20-17-14-11-12-15-18-21-24-42-33-31-34-32(33)40(42)43(34,44)39(31)42/h27-29,31-41,46-47,49-52H,2-26H2,1H3,(H,45,48)/t27?,28-,29?,31?,32?,33?,34?,35+,36?,37?,38?,39?,40?,41?,42?,43?/m0/s1. The summed E-state index contributed by atoms with van der Waals surface area (Å²) in [5.74, 6) is 6.25. The van der Waals surface area contributed by atoms with E-state index in [2.05, 4.69) is 28.2 Å². The van der Waals surface area contributed by atoms with Gasteiger partial charge in [-0.25, -0.2) is 0 Å². The van der Waals surface area contributed by atoms with Gasteiger partial charge in [-0.3, -0.25) is 4.79 Å². The van der Waals surface area contributed by atoms with Crippen LogP contribution in [-0.4, -0.2) is 103 Å². The highest BCUT2D eigenvalue weighted by atomic mass is 79.9. The van der Waals surface area contributed by atoms with Crippen molar-refractivity contribution < 1.29 is 44.9 Å². The van der Waals surface area contributed by atoms with Gasteiger partial charge in [0.1, 0.15) is 30.5 Å². The highest BCUT2D eigenvalue weighted by molar-refractivity contribution is 9.10. The molecule has 1 amide bonds. The first-order valence-electron chi connectivity index (χ1n) is 22.4. The molecule has 7 rings (SSSR count). The Balaban J connectivity index is 0.833. The third-order valence-electron chi connectivity index (χ3n) is 15.2. The molecule has 0 radical (unpaired) electrons. The second-order valence-corrected chi connectivity index (χ2v) is 19.7. The summed E-state index contributed by atoms with van der Waals surface area (Å²) in [5, 5.41) is 65.2. The summed E-state index contributed by atoms with van der Waals surface area (Å²) in [7, 11) is 0. The zero-order valence-electron chi connectivity index (χ0n) is 33.0. The molecule has 7 aliphatic rings. The van der Waals surface area contributed by atoms with Gasteiger partial charge in [-0.05, 0) is 60.2 Å². The Hall–Kier alpha value is -0.370. The Morgan fingerprint density at radius 3 is 1.83 bits per heavy atom. The normalized spacial score (nSPS) is 39.3. The number of nitrogens with one attached hydrogen (secondary N) is 1. The molecule has 6 aliphatic carbocycles. The van der Waals surface area contributed by atoms with E-state index < -0.39 is 55.6 Å². The van der Waals surface area contributed by atoms with E-state index in [0.29, 0.717) is 17.2 Å². The van der Waals surface area contributed by atoms with E-state index in [1.54, 1.807) is 0 Å². The summed E-state index contributed by atoms with van der Waals surface area (Å²) in [6.07, 6.45) is 16.1. The molecule has 0 spiro atoms. The van der Waals surface area contributed by atoms with Gasteiger partial charge in [0.25, 0.3) is 0 Å². The van der Waals surface area contributed by atoms with Crippen molar-refractivity contribution in [2.75, 3.05) is 13.2 Å². The SMILES string of the molecule is CCCCCCCCCCCCCC[C@H](O)[C@H](O)C(COC1OC(CO)C(O)C(O)C1O)NC(=O)CCCCCCCCCCC12C3C4C5C3C1C5(Br)C42. The predicted octanol–water partition coefficient (Wildman–Crippen LogP) is 5.89. The van der Waals surface area contributed by atoms with Crippen LogP contribution in [0.15, 0.2) is 0 Å². The van der Waals surface area contributed by atoms with Gasteiger partial charge in [0.2, 0.25) is 5.91 Å². The fraction of sp³-hybridized carbons (Fsp3) is 0.977. The molecular weight excluding hydrogens is 754 g/mol. The Kier molecular flexibility index (Phi) is 15.7. The van der Waals surface area contributed by atoms with Gasteiger partial charge in [0.15, 0.2) is 6.29 Å². The van der Waals surface area contributed by atoms with Crippen LogP contribution in [0.4, 0.5) is 0 Å². The number of aliphatic hydroxyl groups excluding tert-OH is 6. The zero-order chi connectivity index (χ0) is 38.5. The molecule has 7 fully saturated rings. The fourth-order valence-electron chi connectivity index (χ4n) is 12.5. The van der Waals surface area contributed by atoms with Crippen LogP contribution in [0.1, 0.15) is 155 Å².